The van der Waals surface area contributed by atoms with Crippen molar-refractivity contribution < 1.29 is 4.84 Å². The maximum atomic E-state index is 4.95. The molecule has 1 rings (SSSR count). The summed E-state index contributed by atoms with van der Waals surface area (Å²) in [4.78, 5) is 4.66. The molecule has 4 heteroatoms. The second kappa shape index (κ2) is 4.79. The summed E-state index contributed by atoms with van der Waals surface area (Å²) in [6.07, 6.45) is 0. The molecule has 0 aliphatic rings. The summed E-state index contributed by atoms with van der Waals surface area (Å²) < 4.78 is 0. The molecule has 1 aromatic rings. The van der Waals surface area contributed by atoms with E-state index in [1.165, 1.54) is 7.11 Å². The number of nitrogens with one attached hydrogen (secondary N) is 2. The van der Waals surface area contributed by atoms with Crippen molar-refractivity contribution in [3.05, 3.63) is 29.8 Å². The number of anilines is 1. The Bertz CT molecular complexity index is 301. The van der Waals surface area contributed by atoms with Gasteiger partial charge in [-0.2, -0.15) is 0 Å². The Balaban J connectivity index is 2.63. The molecule has 0 spiro atoms. The number of thiocarbonyl (C=S) groups is 1. The van der Waals surface area contributed by atoms with Crippen molar-refractivity contribution >= 4 is 23.0 Å². The Morgan fingerprint density at radius 1 is 1.38 bits per heavy atom. The number of hydrogen-bond acceptors (Lipinski definition) is 2. The van der Waals surface area contributed by atoms with Gasteiger partial charge in [0.1, 0.15) is 0 Å². The molecule has 0 heterocycles. The lowest BCUT2D eigenvalue weighted by molar-refractivity contribution is 0.146. The molecule has 0 saturated carbocycles. The lowest BCUT2D eigenvalue weighted by Gasteiger charge is -2.10. The van der Waals surface area contributed by atoms with Gasteiger partial charge in [-0.05, 0) is 30.8 Å². The molecule has 3 nitrogen and oxygen atoms in total. The first-order chi connectivity index (χ1) is 6.24. The van der Waals surface area contributed by atoms with Crippen LogP contribution >= 0.6 is 12.2 Å². The average molecular weight is 196 g/mol. The van der Waals surface area contributed by atoms with Gasteiger partial charge in [0.15, 0.2) is 5.11 Å². The summed E-state index contributed by atoms with van der Waals surface area (Å²) >= 11 is 4.95. The zero-order valence-corrected chi connectivity index (χ0v) is 8.44. The van der Waals surface area contributed by atoms with Crippen LogP contribution in [0.2, 0.25) is 0 Å². The highest BCUT2D eigenvalue weighted by molar-refractivity contribution is 7.80. The van der Waals surface area contributed by atoms with Gasteiger partial charge in [-0.3, -0.25) is 4.84 Å². The lowest BCUT2D eigenvalue weighted by Crippen LogP contribution is -2.27. The fraction of sp³-hybridized carbons (Fsp3) is 0.222. The van der Waals surface area contributed by atoms with Gasteiger partial charge in [0.05, 0.1) is 7.11 Å². The van der Waals surface area contributed by atoms with Crippen molar-refractivity contribution in [2.45, 2.75) is 6.92 Å². The van der Waals surface area contributed by atoms with E-state index in [0.29, 0.717) is 5.11 Å². The Kier molecular flexibility index (Phi) is 3.67. The summed E-state index contributed by atoms with van der Waals surface area (Å²) in [6, 6.07) is 7.90. The first kappa shape index (κ1) is 9.95. The first-order valence-corrected chi connectivity index (χ1v) is 4.30. The number of rotatable bonds is 2. The third-order valence-electron chi connectivity index (χ3n) is 1.59. The van der Waals surface area contributed by atoms with E-state index in [2.05, 4.69) is 15.6 Å². The Morgan fingerprint density at radius 3 is 2.69 bits per heavy atom. The summed E-state index contributed by atoms with van der Waals surface area (Å²) in [5.41, 5.74) is 4.67. The van der Waals surface area contributed by atoms with E-state index in [9.17, 15) is 0 Å². The molecule has 0 fully saturated rings. The van der Waals surface area contributed by atoms with E-state index >= 15 is 0 Å². The van der Waals surface area contributed by atoms with Crippen LogP contribution in [-0.4, -0.2) is 12.2 Å². The number of para-hydroxylation sites is 1. The highest BCUT2D eigenvalue weighted by Crippen LogP contribution is 2.12. The van der Waals surface area contributed by atoms with Crippen LogP contribution in [0.5, 0.6) is 0 Å². The Labute approximate surface area is 83.1 Å². The smallest absolute Gasteiger partial charge is 0.195 e. The van der Waals surface area contributed by atoms with Crippen molar-refractivity contribution in [3.63, 3.8) is 0 Å². The van der Waals surface area contributed by atoms with Crippen molar-refractivity contribution in [2.75, 3.05) is 12.4 Å². The highest BCUT2D eigenvalue weighted by Gasteiger charge is 1.98. The molecule has 0 radical (unpaired) electrons. The van der Waals surface area contributed by atoms with Gasteiger partial charge in [-0.1, -0.05) is 18.2 Å². The van der Waals surface area contributed by atoms with E-state index < -0.39 is 0 Å². The first-order valence-electron chi connectivity index (χ1n) is 3.89. The monoisotopic (exact) mass is 196 g/mol. The SMILES string of the molecule is CONC(=S)Nc1ccccc1C. The molecule has 70 valence electrons. The predicted octanol–water partition coefficient (Wildman–Crippen LogP) is 1.84. The van der Waals surface area contributed by atoms with Crippen LogP contribution in [0.1, 0.15) is 5.56 Å². The number of benzene rings is 1. The Morgan fingerprint density at radius 2 is 2.08 bits per heavy atom. The number of aryl methyl sites for hydroxylation is 1. The average Bonchev–Trinajstić information content (AvgIpc) is 2.09. The van der Waals surface area contributed by atoms with Crippen LogP contribution < -0.4 is 10.8 Å². The number of hydroxylamine groups is 1. The quantitative estimate of drug-likeness (QED) is 0.558. The van der Waals surface area contributed by atoms with E-state index in [1.54, 1.807) is 0 Å². The minimum Gasteiger partial charge on any atom is -0.331 e. The van der Waals surface area contributed by atoms with Crippen molar-refractivity contribution in [2.24, 2.45) is 0 Å². The minimum atomic E-state index is 0.455. The summed E-state index contributed by atoms with van der Waals surface area (Å²) in [6.45, 7) is 2.01. The van der Waals surface area contributed by atoms with Gasteiger partial charge >= 0.3 is 0 Å². The maximum absolute atomic E-state index is 4.95. The summed E-state index contributed by atoms with van der Waals surface area (Å²) in [5, 5.41) is 3.46. The molecular formula is C9H12N2OS. The molecular weight excluding hydrogens is 184 g/mol. The Hall–Kier alpha value is -1.13. The van der Waals surface area contributed by atoms with Gasteiger partial charge in [0.25, 0.3) is 0 Å². The molecule has 13 heavy (non-hydrogen) atoms. The van der Waals surface area contributed by atoms with E-state index in [4.69, 9.17) is 12.2 Å². The standard InChI is InChI=1S/C9H12N2OS/c1-7-5-3-4-6-8(7)10-9(13)11-12-2/h3-6H,1-2H3,(H2,10,11,13). The van der Waals surface area contributed by atoms with Crippen LogP contribution in [-0.2, 0) is 4.84 Å². The molecule has 0 aliphatic heterocycles. The van der Waals surface area contributed by atoms with Crippen LogP contribution in [0.3, 0.4) is 0 Å². The van der Waals surface area contributed by atoms with Crippen LogP contribution in [0.15, 0.2) is 24.3 Å². The van der Waals surface area contributed by atoms with Crippen LogP contribution in [0, 0.1) is 6.92 Å². The van der Waals surface area contributed by atoms with Crippen molar-refractivity contribution in [1.82, 2.24) is 5.48 Å². The highest BCUT2D eigenvalue weighted by atomic mass is 32.1. The zero-order valence-electron chi connectivity index (χ0n) is 7.63. The fourth-order valence-electron chi connectivity index (χ4n) is 0.954. The molecule has 0 bridgehead atoms. The van der Waals surface area contributed by atoms with E-state index in [0.717, 1.165) is 11.3 Å². The molecule has 0 amide bonds. The third-order valence-corrected chi connectivity index (χ3v) is 1.77. The molecule has 0 saturated heterocycles. The second-order valence-electron chi connectivity index (χ2n) is 2.58. The second-order valence-corrected chi connectivity index (χ2v) is 2.98. The molecule has 0 aromatic heterocycles. The largest absolute Gasteiger partial charge is 0.331 e. The minimum absolute atomic E-state index is 0.455. The van der Waals surface area contributed by atoms with Crippen molar-refractivity contribution in [1.29, 1.82) is 0 Å². The van der Waals surface area contributed by atoms with Crippen LogP contribution in [0.25, 0.3) is 0 Å². The molecule has 1 aromatic carbocycles. The molecule has 0 atom stereocenters. The molecule has 2 N–H and O–H groups in total. The normalized spacial score (nSPS) is 9.38. The van der Waals surface area contributed by atoms with E-state index in [1.807, 2.05) is 31.2 Å². The van der Waals surface area contributed by atoms with Crippen molar-refractivity contribution in [3.8, 4) is 0 Å². The van der Waals surface area contributed by atoms with Gasteiger partial charge < -0.3 is 5.32 Å². The topological polar surface area (TPSA) is 33.3 Å². The van der Waals surface area contributed by atoms with E-state index in [-0.39, 0.29) is 0 Å². The summed E-state index contributed by atoms with van der Waals surface area (Å²) in [7, 11) is 1.52. The summed E-state index contributed by atoms with van der Waals surface area (Å²) in [5.74, 6) is 0. The third kappa shape index (κ3) is 3.01. The maximum Gasteiger partial charge on any atom is 0.195 e. The molecule has 0 unspecified atom stereocenters. The van der Waals surface area contributed by atoms with Gasteiger partial charge in [0, 0.05) is 5.69 Å². The molecule has 0 aliphatic carbocycles. The lowest BCUT2D eigenvalue weighted by atomic mass is 10.2. The van der Waals surface area contributed by atoms with Gasteiger partial charge in [-0.15, -0.1) is 0 Å². The number of hydrogen-bond donors (Lipinski definition) is 2. The zero-order chi connectivity index (χ0) is 9.68. The van der Waals surface area contributed by atoms with Crippen LogP contribution in [0.4, 0.5) is 5.69 Å². The van der Waals surface area contributed by atoms with Gasteiger partial charge in [-0.25, -0.2) is 5.48 Å². The fourth-order valence-corrected chi connectivity index (χ4v) is 1.15. The van der Waals surface area contributed by atoms with Gasteiger partial charge in [0.2, 0.25) is 0 Å². The predicted molar refractivity (Wildman–Crippen MR) is 57.5 cm³/mol.